The molecular formula is C22H31N. The van der Waals surface area contributed by atoms with Gasteiger partial charge in [0.05, 0.1) is 11.0 Å². The van der Waals surface area contributed by atoms with Gasteiger partial charge in [0, 0.05) is 17.8 Å². The summed E-state index contributed by atoms with van der Waals surface area (Å²) in [4.78, 5) is 0. The monoisotopic (exact) mass is 309 g/mol. The van der Waals surface area contributed by atoms with Gasteiger partial charge in [0.1, 0.15) is 0 Å². The second-order valence-electron chi connectivity index (χ2n) is 7.01. The molecule has 3 aromatic rings. The minimum absolute atomic E-state index is 0. The first-order valence-electron chi connectivity index (χ1n) is 8.14. The molecule has 124 valence electrons. The van der Waals surface area contributed by atoms with E-state index in [1.165, 1.54) is 66.3 Å². The van der Waals surface area contributed by atoms with Gasteiger partial charge in [0.2, 0.25) is 0 Å². The van der Waals surface area contributed by atoms with Gasteiger partial charge in [-0.05, 0) is 99.9 Å². The number of benzene rings is 2. The highest BCUT2D eigenvalue weighted by Crippen LogP contribution is 2.41. The van der Waals surface area contributed by atoms with Gasteiger partial charge in [0.25, 0.3) is 0 Å². The highest BCUT2D eigenvalue weighted by molar-refractivity contribution is 6.14. The Morgan fingerprint density at radius 2 is 0.696 bits per heavy atom. The molecule has 0 unspecified atom stereocenters. The summed E-state index contributed by atoms with van der Waals surface area (Å²) in [5, 5.41) is 2.92. The molecule has 0 fully saturated rings. The Balaban J connectivity index is 0.00000192. The third-order valence-corrected chi connectivity index (χ3v) is 6.23. The number of rotatable bonds is 0. The van der Waals surface area contributed by atoms with E-state index >= 15 is 0 Å². The van der Waals surface area contributed by atoms with Gasteiger partial charge >= 0.3 is 0 Å². The number of fused-ring (bicyclic) bond motifs is 3. The number of hydrogen-bond donors (Lipinski definition) is 0. The predicted octanol–water partition coefficient (Wildman–Crippen LogP) is 6.43. The predicted molar refractivity (Wildman–Crippen MR) is 105 cm³/mol. The Labute approximate surface area is 141 Å². The maximum absolute atomic E-state index is 2.42. The molecule has 0 aliphatic carbocycles. The van der Waals surface area contributed by atoms with Crippen LogP contribution >= 0.6 is 0 Å². The summed E-state index contributed by atoms with van der Waals surface area (Å²) in [6.07, 6.45) is 0. The minimum Gasteiger partial charge on any atom is -0.343 e. The molecule has 0 atom stereocenters. The molecule has 1 heterocycles. The highest BCUT2D eigenvalue weighted by atomic mass is 14.9. The fraction of sp³-hybridized carbons (Fsp3) is 0.455. The third-order valence-electron chi connectivity index (χ3n) is 6.23. The lowest BCUT2D eigenvalue weighted by atomic mass is 9.90. The fourth-order valence-electron chi connectivity index (χ4n) is 4.15. The SMILES string of the molecule is C.Cc1c(C)c(C)c2c(c1C)c1c(C)c(C)c(C)c(C)c1n2C. The van der Waals surface area contributed by atoms with Crippen molar-refractivity contribution in [2.45, 2.75) is 62.8 Å². The zero-order valence-electron chi connectivity index (χ0n) is 15.4. The van der Waals surface area contributed by atoms with Gasteiger partial charge < -0.3 is 4.57 Å². The average molecular weight is 309 g/mol. The summed E-state index contributed by atoms with van der Waals surface area (Å²) < 4.78 is 2.42. The molecule has 0 N–H and O–H groups in total. The van der Waals surface area contributed by atoms with Crippen molar-refractivity contribution >= 4 is 21.8 Å². The van der Waals surface area contributed by atoms with Gasteiger partial charge in [-0.3, -0.25) is 0 Å². The Bertz CT molecular complexity index is 875. The summed E-state index contributed by atoms with van der Waals surface area (Å²) in [6, 6.07) is 0. The molecule has 2 aromatic carbocycles. The molecule has 0 aliphatic heterocycles. The van der Waals surface area contributed by atoms with Gasteiger partial charge in [-0.1, -0.05) is 7.43 Å². The van der Waals surface area contributed by atoms with Crippen molar-refractivity contribution in [2.75, 3.05) is 0 Å². The van der Waals surface area contributed by atoms with E-state index in [0.29, 0.717) is 0 Å². The molecule has 0 radical (unpaired) electrons. The largest absolute Gasteiger partial charge is 0.343 e. The lowest BCUT2D eigenvalue weighted by molar-refractivity contribution is 0.994. The highest BCUT2D eigenvalue weighted by Gasteiger charge is 2.21. The van der Waals surface area contributed by atoms with Crippen LogP contribution in [0.1, 0.15) is 51.9 Å². The van der Waals surface area contributed by atoms with E-state index in [2.05, 4.69) is 67.0 Å². The molecule has 0 amide bonds. The Morgan fingerprint density at radius 1 is 0.435 bits per heavy atom. The molecule has 0 saturated carbocycles. The van der Waals surface area contributed by atoms with Crippen LogP contribution in [0.2, 0.25) is 0 Å². The smallest absolute Gasteiger partial charge is 0.0524 e. The van der Waals surface area contributed by atoms with Crippen LogP contribution in [0, 0.1) is 55.4 Å². The topological polar surface area (TPSA) is 4.93 Å². The zero-order valence-corrected chi connectivity index (χ0v) is 15.4. The third kappa shape index (κ3) is 1.99. The van der Waals surface area contributed by atoms with Crippen LogP contribution in [0.15, 0.2) is 0 Å². The Kier molecular flexibility index (Phi) is 4.13. The molecule has 1 aromatic heterocycles. The summed E-state index contributed by atoms with van der Waals surface area (Å²) in [7, 11) is 2.23. The molecule has 1 nitrogen and oxygen atoms in total. The van der Waals surface area contributed by atoms with Crippen molar-refractivity contribution in [3.8, 4) is 0 Å². The van der Waals surface area contributed by atoms with E-state index in [4.69, 9.17) is 0 Å². The Morgan fingerprint density at radius 3 is 1.00 bits per heavy atom. The zero-order chi connectivity index (χ0) is 16.5. The Hall–Kier alpha value is -1.76. The average Bonchev–Trinajstić information content (AvgIpc) is 2.80. The summed E-state index contributed by atoms with van der Waals surface area (Å²) in [5.41, 5.74) is 14.3. The van der Waals surface area contributed by atoms with E-state index in [9.17, 15) is 0 Å². The van der Waals surface area contributed by atoms with E-state index in [1.54, 1.807) is 0 Å². The molecule has 3 rings (SSSR count). The van der Waals surface area contributed by atoms with Gasteiger partial charge in [-0.2, -0.15) is 0 Å². The van der Waals surface area contributed by atoms with Crippen LogP contribution in [-0.4, -0.2) is 4.57 Å². The van der Waals surface area contributed by atoms with E-state index in [-0.39, 0.29) is 7.43 Å². The molecule has 0 spiro atoms. The van der Waals surface area contributed by atoms with Crippen molar-refractivity contribution in [3.63, 3.8) is 0 Å². The molecule has 0 saturated heterocycles. The van der Waals surface area contributed by atoms with Crippen LogP contribution < -0.4 is 0 Å². The number of nitrogens with zero attached hydrogens (tertiary/aromatic N) is 1. The molecular weight excluding hydrogens is 278 g/mol. The van der Waals surface area contributed by atoms with E-state index in [1.807, 2.05) is 0 Å². The summed E-state index contributed by atoms with van der Waals surface area (Å²) in [5.74, 6) is 0. The molecule has 0 bridgehead atoms. The lowest BCUT2D eigenvalue weighted by Crippen LogP contribution is -1.97. The van der Waals surface area contributed by atoms with Crippen LogP contribution in [0.5, 0.6) is 0 Å². The van der Waals surface area contributed by atoms with Gasteiger partial charge in [-0.25, -0.2) is 0 Å². The maximum Gasteiger partial charge on any atom is 0.0524 e. The van der Waals surface area contributed by atoms with Crippen molar-refractivity contribution in [2.24, 2.45) is 7.05 Å². The van der Waals surface area contributed by atoms with Crippen LogP contribution in [0.25, 0.3) is 21.8 Å². The van der Waals surface area contributed by atoms with Gasteiger partial charge in [0.15, 0.2) is 0 Å². The quantitative estimate of drug-likeness (QED) is 0.450. The fourth-order valence-corrected chi connectivity index (χ4v) is 4.15. The maximum atomic E-state index is 2.42. The molecule has 23 heavy (non-hydrogen) atoms. The second kappa shape index (κ2) is 5.40. The number of aryl methyl sites for hydroxylation is 5. The van der Waals surface area contributed by atoms with Crippen LogP contribution in [0.3, 0.4) is 0 Å². The van der Waals surface area contributed by atoms with Crippen LogP contribution in [-0.2, 0) is 7.05 Å². The number of hydrogen-bond acceptors (Lipinski definition) is 0. The normalized spacial score (nSPS) is 11.3. The summed E-state index contributed by atoms with van der Waals surface area (Å²) >= 11 is 0. The van der Waals surface area contributed by atoms with E-state index in [0.717, 1.165) is 0 Å². The van der Waals surface area contributed by atoms with Crippen molar-refractivity contribution in [3.05, 3.63) is 44.5 Å². The van der Waals surface area contributed by atoms with Crippen molar-refractivity contribution < 1.29 is 0 Å². The number of aromatic nitrogens is 1. The molecule has 0 aliphatic rings. The van der Waals surface area contributed by atoms with E-state index < -0.39 is 0 Å². The molecule has 1 heteroatoms. The first-order chi connectivity index (χ1) is 10.2. The van der Waals surface area contributed by atoms with Crippen molar-refractivity contribution in [1.29, 1.82) is 0 Å². The standard InChI is InChI=1S/C21H27N.CH4/c1-10-12(3)16(7)20-18(14(10)5)19-15(6)11(2)13(4)17(8)21(19)22(20)9;/h1-9H3;1H4. The van der Waals surface area contributed by atoms with Crippen LogP contribution in [0.4, 0.5) is 0 Å². The first-order valence-corrected chi connectivity index (χ1v) is 8.14. The minimum atomic E-state index is 0. The van der Waals surface area contributed by atoms with Gasteiger partial charge in [-0.15, -0.1) is 0 Å². The summed E-state index contributed by atoms with van der Waals surface area (Å²) in [6.45, 7) is 18.1. The van der Waals surface area contributed by atoms with Crippen molar-refractivity contribution in [1.82, 2.24) is 4.57 Å². The second-order valence-corrected chi connectivity index (χ2v) is 7.01. The lowest BCUT2D eigenvalue weighted by Gasteiger charge is -2.13. The first kappa shape index (κ1) is 17.6.